The molecule has 0 spiro atoms. The zero-order valence-electron chi connectivity index (χ0n) is 38.1. The largest absolute Gasteiger partial charge is 0.460 e. The molecule has 14 heteroatoms. The molecule has 1 fully saturated rings. The normalized spacial score (nSPS) is 15.1. The summed E-state index contributed by atoms with van der Waals surface area (Å²) in [6.45, 7) is 12.2. The van der Waals surface area contributed by atoms with Crippen LogP contribution >= 0.6 is 0 Å². The lowest BCUT2D eigenvalue weighted by Crippen LogP contribution is -2.31. The third-order valence-electron chi connectivity index (χ3n) is 11.0. The summed E-state index contributed by atoms with van der Waals surface area (Å²) >= 11 is 0. The van der Waals surface area contributed by atoms with Gasteiger partial charge in [0.25, 0.3) is 11.8 Å². The molecule has 0 unspecified atom stereocenters. The Morgan fingerprint density at radius 1 is 0.781 bits per heavy atom. The van der Waals surface area contributed by atoms with Gasteiger partial charge in [0.2, 0.25) is 0 Å². The van der Waals surface area contributed by atoms with Crippen LogP contribution in [-0.2, 0) is 41.4 Å². The van der Waals surface area contributed by atoms with Crippen molar-refractivity contribution < 1.29 is 38.1 Å². The maximum atomic E-state index is 13.9. The number of benzene rings is 3. The van der Waals surface area contributed by atoms with E-state index >= 15 is 0 Å². The maximum absolute atomic E-state index is 13.9. The number of esters is 1. The van der Waals surface area contributed by atoms with E-state index in [1.165, 1.54) is 12.0 Å². The number of amides is 2. The number of likely N-dealkylation sites (N-methyl/N-ethyl adjacent to an activating group) is 1. The molecular weight excluding hydrogens is 813 g/mol. The molecule has 3 aromatic carbocycles. The number of anilines is 2. The van der Waals surface area contributed by atoms with E-state index in [2.05, 4.69) is 37.6 Å². The van der Waals surface area contributed by atoms with Gasteiger partial charge in [-0.1, -0.05) is 36.4 Å². The van der Waals surface area contributed by atoms with E-state index in [-0.39, 0.29) is 35.9 Å². The highest BCUT2D eigenvalue weighted by molar-refractivity contribution is 6.06. The monoisotopic (exact) mass is 878 g/mol. The molecule has 1 atom stereocenters. The molecule has 2 heterocycles. The first-order valence-corrected chi connectivity index (χ1v) is 22.7. The minimum atomic E-state index is -0.493. The highest BCUT2D eigenvalue weighted by atomic mass is 16.6. The van der Waals surface area contributed by atoms with Gasteiger partial charge in [-0.15, -0.1) is 0 Å². The number of carbonyl (C=O) groups is 3. The van der Waals surface area contributed by atoms with Crippen molar-refractivity contribution in [1.29, 1.82) is 0 Å². The lowest BCUT2D eigenvalue weighted by atomic mass is 9.87. The van der Waals surface area contributed by atoms with Crippen LogP contribution in [0, 0.1) is 0 Å². The summed E-state index contributed by atoms with van der Waals surface area (Å²) in [6.07, 6.45) is 8.17. The molecule has 2 amide bonds. The molecule has 2 N–H and O–H groups in total. The van der Waals surface area contributed by atoms with Gasteiger partial charge in [-0.2, -0.15) is 0 Å². The Labute approximate surface area is 378 Å². The van der Waals surface area contributed by atoms with Gasteiger partial charge in [0.05, 0.1) is 71.0 Å². The Balaban J connectivity index is 0.959. The average Bonchev–Trinajstić information content (AvgIpc) is 3.29. The molecule has 14 nitrogen and oxygen atoms in total. The number of carbonyl (C=O) groups excluding carboxylic acids is 3. The lowest BCUT2D eigenvalue weighted by Gasteiger charge is -2.29. The molecular formula is C50H66N6O8. The Hall–Kier alpha value is -5.25. The Bertz CT molecular complexity index is 2120. The number of aryl methyl sites for hydroxylation is 1. The van der Waals surface area contributed by atoms with Gasteiger partial charge in [0.15, 0.2) is 5.82 Å². The van der Waals surface area contributed by atoms with Crippen molar-refractivity contribution in [1.82, 2.24) is 20.2 Å². The second-order valence-corrected chi connectivity index (χ2v) is 17.3. The van der Waals surface area contributed by atoms with Crippen molar-refractivity contribution in [3.8, 4) is 11.4 Å². The van der Waals surface area contributed by atoms with Crippen molar-refractivity contribution in [2.45, 2.75) is 83.9 Å². The number of nitrogens with one attached hydrogen (secondary N) is 2. The quantitative estimate of drug-likeness (QED) is 0.0563. The number of fused-ring (bicyclic) bond motifs is 1. The van der Waals surface area contributed by atoms with Crippen LogP contribution in [0.25, 0.3) is 11.4 Å². The fourth-order valence-corrected chi connectivity index (χ4v) is 7.85. The topological polar surface area (TPSA) is 154 Å². The average molecular weight is 879 g/mol. The first-order chi connectivity index (χ1) is 31.0. The minimum absolute atomic E-state index is 0.0793. The summed E-state index contributed by atoms with van der Waals surface area (Å²) in [6, 6.07) is 23.4. The predicted octanol–water partition coefficient (Wildman–Crippen LogP) is 7.42. The third kappa shape index (κ3) is 15.5. The zero-order valence-corrected chi connectivity index (χ0v) is 38.1. The highest BCUT2D eigenvalue weighted by Crippen LogP contribution is 2.33. The smallest absolute Gasteiger partial charge is 0.308 e. The van der Waals surface area contributed by atoms with E-state index in [4.69, 9.17) is 28.7 Å². The summed E-state index contributed by atoms with van der Waals surface area (Å²) in [4.78, 5) is 53.2. The SMILES string of the molecule is CN(CCOCCOCCOCCOCCC(=O)OC(C)(C)C)Cc1cccc(C(=O)Nc2ccc(N3CCCCC3)cc2-c2nccc(C(=O)N[C@H]3CCCc4ccccc43)n2)c1. The van der Waals surface area contributed by atoms with Gasteiger partial charge < -0.3 is 39.2 Å². The molecule has 0 radical (unpaired) electrons. The van der Waals surface area contributed by atoms with Gasteiger partial charge in [-0.25, -0.2) is 9.97 Å². The second kappa shape index (κ2) is 24.7. The first-order valence-electron chi connectivity index (χ1n) is 22.7. The van der Waals surface area contributed by atoms with Crippen LogP contribution in [0.1, 0.15) is 103 Å². The predicted molar refractivity (Wildman–Crippen MR) is 248 cm³/mol. The van der Waals surface area contributed by atoms with Crippen LogP contribution < -0.4 is 15.5 Å². The molecule has 0 saturated carbocycles. The molecule has 0 bridgehead atoms. The number of piperidine rings is 1. The van der Waals surface area contributed by atoms with Crippen LogP contribution in [0.2, 0.25) is 0 Å². The van der Waals surface area contributed by atoms with E-state index in [0.29, 0.717) is 88.6 Å². The van der Waals surface area contributed by atoms with E-state index in [0.717, 1.165) is 62.0 Å². The highest BCUT2D eigenvalue weighted by Gasteiger charge is 2.24. The number of aromatic nitrogens is 2. The second-order valence-electron chi connectivity index (χ2n) is 17.3. The summed E-state index contributed by atoms with van der Waals surface area (Å²) in [5, 5.41) is 6.36. The zero-order chi connectivity index (χ0) is 45.2. The lowest BCUT2D eigenvalue weighted by molar-refractivity contribution is -0.156. The van der Waals surface area contributed by atoms with Gasteiger partial charge >= 0.3 is 5.97 Å². The van der Waals surface area contributed by atoms with Crippen molar-refractivity contribution in [2.24, 2.45) is 0 Å². The Morgan fingerprint density at radius 2 is 1.50 bits per heavy atom. The molecule has 1 aromatic heterocycles. The number of nitrogens with zero attached hydrogens (tertiary/aromatic N) is 4. The van der Waals surface area contributed by atoms with Crippen molar-refractivity contribution in [2.75, 3.05) is 89.8 Å². The Kier molecular flexibility index (Phi) is 18.6. The maximum Gasteiger partial charge on any atom is 0.308 e. The number of hydrogen-bond donors (Lipinski definition) is 2. The van der Waals surface area contributed by atoms with Gasteiger partial charge in [0, 0.05) is 49.2 Å². The number of rotatable bonds is 23. The fourth-order valence-electron chi connectivity index (χ4n) is 7.85. The van der Waals surface area contributed by atoms with E-state index in [1.807, 2.05) is 82.4 Å². The molecule has 344 valence electrons. The summed E-state index contributed by atoms with van der Waals surface area (Å²) in [7, 11) is 2.02. The molecule has 4 aromatic rings. The van der Waals surface area contributed by atoms with E-state index < -0.39 is 5.60 Å². The van der Waals surface area contributed by atoms with Crippen LogP contribution in [0.5, 0.6) is 0 Å². The van der Waals surface area contributed by atoms with Gasteiger partial charge in [-0.05, 0) is 119 Å². The summed E-state index contributed by atoms with van der Waals surface area (Å²) in [5.41, 5.74) is 5.99. The van der Waals surface area contributed by atoms with Crippen LogP contribution in [0.15, 0.2) is 79.0 Å². The number of ether oxygens (including phenoxy) is 5. The fraction of sp³-hybridized carbons (Fsp3) is 0.500. The number of hydrogen-bond acceptors (Lipinski definition) is 12. The van der Waals surface area contributed by atoms with Crippen molar-refractivity contribution in [3.05, 3.63) is 107 Å². The van der Waals surface area contributed by atoms with Crippen LogP contribution in [-0.4, -0.2) is 118 Å². The third-order valence-corrected chi connectivity index (χ3v) is 11.0. The van der Waals surface area contributed by atoms with E-state index in [1.54, 1.807) is 12.3 Å². The van der Waals surface area contributed by atoms with Gasteiger partial charge in [-0.3, -0.25) is 19.3 Å². The standard InChI is InChI=1S/C50H66N6O8/c1-50(2,3)64-46(57)21-26-60-28-30-62-32-33-63-31-29-61-27-25-55(4)36-37-12-10-15-39(34-37)48(58)53-44-19-18-40(56-23-8-5-9-24-56)35-42(44)47-51-22-20-45(52-47)49(59)54-43-17-11-14-38-13-6-7-16-41(38)43/h6-7,10,12-13,15-16,18-20,22,34-35,43H,5,8-9,11,14,17,21,23-33,36H2,1-4H3,(H,53,58)(H,54,59)/t43-/m0/s1. The molecule has 1 aliphatic carbocycles. The Morgan fingerprint density at radius 3 is 2.25 bits per heavy atom. The van der Waals surface area contributed by atoms with Gasteiger partial charge in [0.1, 0.15) is 11.3 Å². The molecule has 1 saturated heterocycles. The van der Waals surface area contributed by atoms with Crippen molar-refractivity contribution >= 4 is 29.2 Å². The summed E-state index contributed by atoms with van der Waals surface area (Å²) < 4.78 is 27.6. The summed E-state index contributed by atoms with van der Waals surface area (Å²) in [5.74, 6) is -0.406. The van der Waals surface area contributed by atoms with E-state index in [9.17, 15) is 14.4 Å². The first kappa shape index (κ1) is 48.2. The minimum Gasteiger partial charge on any atom is -0.460 e. The molecule has 64 heavy (non-hydrogen) atoms. The van der Waals surface area contributed by atoms with Crippen LogP contribution in [0.4, 0.5) is 11.4 Å². The molecule has 1 aliphatic heterocycles. The molecule has 6 rings (SSSR count). The van der Waals surface area contributed by atoms with Crippen LogP contribution in [0.3, 0.4) is 0 Å². The molecule has 2 aliphatic rings. The van der Waals surface area contributed by atoms with Crippen molar-refractivity contribution in [3.63, 3.8) is 0 Å².